The average molecular weight is 227 g/mol. The molecule has 3 nitrogen and oxygen atoms in total. The number of alkyl halides is 3. The van der Waals surface area contributed by atoms with Crippen LogP contribution in [0.2, 0.25) is 0 Å². The predicted octanol–water partition coefficient (Wildman–Crippen LogP) is 1.07. The number of aliphatic hydroxyl groups excluding tert-OH is 1. The molecule has 2 N–H and O–H groups in total. The lowest BCUT2D eigenvalue weighted by Crippen LogP contribution is -2.58. The molecule has 0 aromatic rings. The number of hydrogen-bond donors (Lipinski definition) is 2. The summed E-state index contributed by atoms with van der Waals surface area (Å²) in [6, 6.07) is 0. The maximum atomic E-state index is 12.5. The Balaban J connectivity index is 2.45. The van der Waals surface area contributed by atoms with Gasteiger partial charge in [-0.05, 0) is 19.8 Å². The van der Waals surface area contributed by atoms with Crippen molar-refractivity contribution < 1.29 is 23.0 Å². The third-order valence-corrected chi connectivity index (χ3v) is 2.69. The summed E-state index contributed by atoms with van der Waals surface area (Å²) in [5, 5.41) is 11.1. The van der Waals surface area contributed by atoms with Crippen molar-refractivity contribution in [2.75, 3.05) is 19.8 Å². The van der Waals surface area contributed by atoms with Gasteiger partial charge in [-0.1, -0.05) is 0 Å². The van der Waals surface area contributed by atoms with E-state index < -0.39 is 18.3 Å². The van der Waals surface area contributed by atoms with Crippen molar-refractivity contribution in [2.45, 2.75) is 37.6 Å². The van der Waals surface area contributed by atoms with E-state index in [1.54, 1.807) is 0 Å². The van der Waals surface area contributed by atoms with Gasteiger partial charge in [-0.2, -0.15) is 13.2 Å². The normalized spacial score (nSPS) is 26.6. The van der Waals surface area contributed by atoms with Gasteiger partial charge < -0.3 is 9.84 Å². The Bertz CT molecular complexity index is 204. The lowest BCUT2D eigenvalue weighted by molar-refractivity contribution is -0.202. The molecule has 15 heavy (non-hydrogen) atoms. The fourth-order valence-corrected chi connectivity index (χ4v) is 1.39. The highest BCUT2D eigenvalue weighted by Crippen LogP contribution is 2.29. The molecule has 1 aliphatic heterocycles. The van der Waals surface area contributed by atoms with E-state index in [4.69, 9.17) is 9.84 Å². The van der Waals surface area contributed by atoms with Crippen LogP contribution < -0.4 is 5.32 Å². The first-order valence-corrected chi connectivity index (χ1v) is 4.93. The summed E-state index contributed by atoms with van der Waals surface area (Å²) >= 11 is 0. The number of nitrogens with one attached hydrogen (secondary N) is 1. The van der Waals surface area contributed by atoms with Gasteiger partial charge in [0.05, 0.1) is 12.7 Å². The maximum absolute atomic E-state index is 12.5. The average Bonchev–Trinajstić information content (AvgIpc) is 2.64. The fraction of sp³-hybridized carbons (Fsp3) is 1.00. The topological polar surface area (TPSA) is 41.5 Å². The van der Waals surface area contributed by atoms with Crippen molar-refractivity contribution in [1.82, 2.24) is 5.32 Å². The second-order valence-corrected chi connectivity index (χ2v) is 4.00. The predicted molar refractivity (Wildman–Crippen MR) is 48.5 cm³/mol. The molecule has 0 spiro atoms. The number of ether oxygens (including phenoxy) is 1. The van der Waals surface area contributed by atoms with Gasteiger partial charge in [-0.25, -0.2) is 0 Å². The molecule has 0 amide bonds. The summed E-state index contributed by atoms with van der Waals surface area (Å²) in [4.78, 5) is 0. The first-order chi connectivity index (χ1) is 6.89. The monoisotopic (exact) mass is 227 g/mol. The third kappa shape index (κ3) is 3.06. The van der Waals surface area contributed by atoms with Crippen LogP contribution in [0.25, 0.3) is 0 Å². The Labute approximate surface area is 86.6 Å². The molecule has 1 fully saturated rings. The number of aliphatic hydroxyl groups is 1. The van der Waals surface area contributed by atoms with Crippen molar-refractivity contribution in [1.29, 1.82) is 0 Å². The molecule has 0 radical (unpaired) electrons. The van der Waals surface area contributed by atoms with E-state index in [0.717, 1.165) is 19.8 Å². The van der Waals surface area contributed by atoms with Crippen LogP contribution in [0.4, 0.5) is 13.2 Å². The van der Waals surface area contributed by atoms with E-state index in [2.05, 4.69) is 5.32 Å². The van der Waals surface area contributed by atoms with Gasteiger partial charge in [0.1, 0.15) is 5.54 Å². The van der Waals surface area contributed by atoms with Gasteiger partial charge in [0.2, 0.25) is 0 Å². The van der Waals surface area contributed by atoms with E-state index >= 15 is 0 Å². The molecule has 2 unspecified atom stereocenters. The lowest BCUT2D eigenvalue weighted by atomic mass is 10.0. The zero-order valence-electron chi connectivity index (χ0n) is 8.60. The second kappa shape index (κ2) is 4.67. The molecule has 6 heteroatoms. The number of halogens is 3. The molecule has 1 aliphatic rings. The van der Waals surface area contributed by atoms with E-state index in [1.165, 1.54) is 0 Å². The summed E-state index contributed by atoms with van der Waals surface area (Å²) < 4.78 is 42.7. The van der Waals surface area contributed by atoms with Crippen LogP contribution in [0.5, 0.6) is 0 Å². The molecule has 0 aromatic heterocycles. The Morgan fingerprint density at radius 3 is 2.53 bits per heavy atom. The Morgan fingerprint density at radius 1 is 1.47 bits per heavy atom. The summed E-state index contributed by atoms with van der Waals surface area (Å²) in [6.07, 6.45) is -2.97. The quantitative estimate of drug-likeness (QED) is 0.754. The summed E-state index contributed by atoms with van der Waals surface area (Å²) in [5.41, 5.74) is -2.24. The second-order valence-electron chi connectivity index (χ2n) is 4.00. The molecule has 0 aromatic carbocycles. The molecule has 1 rings (SSSR count). The maximum Gasteiger partial charge on any atom is 0.408 e. The first-order valence-electron chi connectivity index (χ1n) is 4.93. The van der Waals surface area contributed by atoms with Gasteiger partial charge in [-0.15, -0.1) is 0 Å². The number of rotatable bonds is 4. The van der Waals surface area contributed by atoms with Crippen molar-refractivity contribution in [3.63, 3.8) is 0 Å². The van der Waals surface area contributed by atoms with Gasteiger partial charge in [0.25, 0.3) is 0 Å². The zero-order valence-corrected chi connectivity index (χ0v) is 8.60. The van der Waals surface area contributed by atoms with Gasteiger partial charge in [-0.3, -0.25) is 5.32 Å². The highest BCUT2D eigenvalue weighted by atomic mass is 19.4. The third-order valence-electron chi connectivity index (χ3n) is 2.69. The Morgan fingerprint density at radius 2 is 2.13 bits per heavy atom. The van der Waals surface area contributed by atoms with Crippen LogP contribution >= 0.6 is 0 Å². The Kier molecular flexibility index (Phi) is 3.97. The highest BCUT2D eigenvalue weighted by molar-refractivity contribution is 4.91. The van der Waals surface area contributed by atoms with Crippen molar-refractivity contribution in [3.05, 3.63) is 0 Å². The lowest BCUT2D eigenvalue weighted by Gasteiger charge is -2.32. The van der Waals surface area contributed by atoms with Crippen molar-refractivity contribution >= 4 is 0 Å². The molecule has 0 saturated carbocycles. The zero-order chi connectivity index (χ0) is 11.5. The fourth-order valence-electron chi connectivity index (χ4n) is 1.39. The van der Waals surface area contributed by atoms with E-state index in [9.17, 15) is 13.2 Å². The Hall–Kier alpha value is -0.330. The van der Waals surface area contributed by atoms with Crippen LogP contribution in [0, 0.1) is 0 Å². The standard InChI is InChI=1S/C9H16F3NO2/c1-8(6-14,9(10,11)12)13-5-7-3-2-4-15-7/h7,13-14H,2-6H2,1H3. The van der Waals surface area contributed by atoms with Crippen molar-refractivity contribution in [3.8, 4) is 0 Å². The van der Waals surface area contributed by atoms with Gasteiger partial charge in [0.15, 0.2) is 0 Å². The van der Waals surface area contributed by atoms with Crippen LogP contribution in [0.1, 0.15) is 19.8 Å². The molecule has 1 saturated heterocycles. The minimum atomic E-state index is -4.46. The molecule has 2 atom stereocenters. The molecule has 90 valence electrons. The summed E-state index contributed by atoms with van der Waals surface area (Å²) in [5.74, 6) is 0. The first kappa shape index (κ1) is 12.7. The molecule has 0 aliphatic carbocycles. The van der Waals surface area contributed by atoms with E-state index in [1.807, 2.05) is 0 Å². The van der Waals surface area contributed by atoms with Crippen LogP contribution in [0.15, 0.2) is 0 Å². The molecular formula is C9H16F3NO2. The van der Waals surface area contributed by atoms with Gasteiger partial charge in [0, 0.05) is 13.2 Å². The van der Waals surface area contributed by atoms with Crippen LogP contribution in [0.3, 0.4) is 0 Å². The SMILES string of the molecule is CC(CO)(NCC1CCCO1)C(F)(F)F. The summed E-state index contributed by atoms with van der Waals surface area (Å²) in [7, 11) is 0. The van der Waals surface area contributed by atoms with Gasteiger partial charge >= 0.3 is 6.18 Å². The summed E-state index contributed by atoms with van der Waals surface area (Å²) in [6.45, 7) is 0.704. The molecule has 0 bridgehead atoms. The van der Waals surface area contributed by atoms with Crippen LogP contribution in [-0.4, -0.2) is 42.7 Å². The minimum absolute atomic E-state index is 0.122. The molecule has 1 heterocycles. The minimum Gasteiger partial charge on any atom is -0.394 e. The van der Waals surface area contributed by atoms with E-state index in [0.29, 0.717) is 6.61 Å². The van der Waals surface area contributed by atoms with E-state index in [-0.39, 0.29) is 12.6 Å². The smallest absolute Gasteiger partial charge is 0.394 e. The molecular weight excluding hydrogens is 211 g/mol. The largest absolute Gasteiger partial charge is 0.408 e. The number of hydrogen-bond acceptors (Lipinski definition) is 3. The highest BCUT2D eigenvalue weighted by Gasteiger charge is 2.50. The van der Waals surface area contributed by atoms with Crippen molar-refractivity contribution in [2.24, 2.45) is 0 Å². The van der Waals surface area contributed by atoms with Crippen LogP contribution in [-0.2, 0) is 4.74 Å².